The molecule has 1 fully saturated rings. The Morgan fingerprint density at radius 1 is 1.35 bits per heavy atom. The molecule has 0 spiro atoms. The van der Waals surface area contributed by atoms with Gasteiger partial charge in [0.25, 0.3) is 0 Å². The number of amides is 2. The SMILES string of the molecule is CCCCC(CC)CC(=O)N1CCCC(C(=O)NCCN)C1.Cl. The van der Waals surface area contributed by atoms with E-state index in [1.54, 1.807) is 0 Å². The molecule has 23 heavy (non-hydrogen) atoms. The van der Waals surface area contributed by atoms with Gasteiger partial charge in [-0.1, -0.05) is 33.1 Å². The van der Waals surface area contributed by atoms with E-state index >= 15 is 0 Å². The van der Waals surface area contributed by atoms with Crippen molar-refractivity contribution in [2.45, 2.75) is 58.8 Å². The van der Waals surface area contributed by atoms with Crippen molar-refractivity contribution in [3.63, 3.8) is 0 Å². The minimum atomic E-state index is -0.0695. The second-order valence-electron chi connectivity index (χ2n) is 6.38. The van der Waals surface area contributed by atoms with Gasteiger partial charge < -0.3 is 16.0 Å². The summed E-state index contributed by atoms with van der Waals surface area (Å²) in [6.07, 6.45) is 6.97. The number of nitrogens with zero attached hydrogens (tertiary/aromatic N) is 1. The maximum absolute atomic E-state index is 12.5. The van der Waals surface area contributed by atoms with E-state index in [-0.39, 0.29) is 30.1 Å². The van der Waals surface area contributed by atoms with Gasteiger partial charge in [-0.15, -0.1) is 12.4 Å². The first-order valence-electron chi connectivity index (χ1n) is 8.87. The van der Waals surface area contributed by atoms with Crippen LogP contribution in [0.1, 0.15) is 58.8 Å². The van der Waals surface area contributed by atoms with Crippen LogP contribution in [0.5, 0.6) is 0 Å². The Bertz CT molecular complexity index is 353. The summed E-state index contributed by atoms with van der Waals surface area (Å²) in [5.41, 5.74) is 5.41. The first-order valence-corrected chi connectivity index (χ1v) is 8.87. The van der Waals surface area contributed by atoms with Gasteiger partial charge in [0.1, 0.15) is 0 Å². The Labute approximate surface area is 147 Å². The number of carbonyl (C=O) groups excluding carboxylic acids is 2. The minimum absolute atomic E-state index is 0. The van der Waals surface area contributed by atoms with Gasteiger partial charge in [0.15, 0.2) is 0 Å². The summed E-state index contributed by atoms with van der Waals surface area (Å²) in [5, 5.41) is 2.84. The van der Waals surface area contributed by atoms with E-state index in [4.69, 9.17) is 5.73 Å². The third-order valence-corrected chi connectivity index (χ3v) is 4.60. The van der Waals surface area contributed by atoms with Crippen LogP contribution in [0, 0.1) is 11.8 Å². The van der Waals surface area contributed by atoms with E-state index in [0.717, 1.165) is 32.2 Å². The fraction of sp³-hybridized carbons (Fsp3) is 0.882. The van der Waals surface area contributed by atoms with E-state index in [9.17, 15) is 9.59 Å². The third-order valence-electron chi connectivity index (χ3n) is 4.60. The Kier molecular flexibility index (Phi) is 12.1. The molecule has 6 heteroatoms. The zero-order valence-electron chi connectivity index (χ0n) is 14.7. The number of rotatable bonds is 9. The quantitative estimate of drug-likeness (QED) is 0.672. The van der Waals surface area contributed by atoms with Gasteiger partial charge >= 0.3 is 0 Å². The Morgan fingerprint density at radius 2 is 2.09 bits per heavy atom. The van der Waals surface area contributed by atoms with Crippen LogP contribution in [0.3, 0.4) is 0 Å². The summed E-state index contributed by atoms with van der Waals surface area (Å²) in [5.74, 6) is 0.680. The highest BCUT2D eigenvalue weighted by Gasteiger charge is 2.28. The van der Waals surface area contributed by atoms with Crippen molar-refractivity contribution in [2.75, 3.05) is 26.2 Å². The van der Waals surface area contributed by atoms with Crippen LogP contribution in [0.15, 0.2) is 0 Å². The van der Waals surface area contributed by atoms with Crippen LogP contribution < -0.4 is 11.1 Å². The fourth-order valence-corrected chi connectivity index (χ4v) is 3.08. The number of hydrogen-bond acceptors (Lipinski definition) is 3. The predicted molar refractivity (Wildman–Crippen MR) is 96.5 cm³/mol. The Hall–Kier alpha value is -0.810. The maximum Gasteiger partial charge on any atom is 0.224 e. The molecule has 0 saturated carbocycles. The fourth-order valence-electron chi connectivity index (χ4n) is 3.08. The van der Waals surface area contributed by atoms with Gasteiger partial charge in [-0.05, 0) is 25.2 Å². The Balaban J connectivity index is 0.00000484. The summed E-state index contributed by atoms with van der Waals surface area (Å²) in [6, 6.07) is 0. The first kappa shape index (κ1) is 22.2. The summed E-state index contributed by atoms with van der Waals surface area (Å²) >= 11 is 0. The summed E-state index contributed by atoms with van der Waals surface area (Å²) in [7, 11) is 0. The molecule has 1 heterocycles. The monoisotopic (exact) mass is 347 g/mol. The molecular weight excluding hydrogens is 314 g/mol. The van der Waals surface area contributed by atoms with E-state index in [2.05, 4.69) is 19.2 Å². The lowest BCUT2D eigenvalue weighted by atomic mass is 9.93. The Morgan fingerprint density at radius 3 is 2.70 bits per heavy atom. The molecule has 2 amide bonds. The predicted octanol–water partition coefficient (Wildman–Crippen LogP) is 2.33. The molecule has 0 bridgehead atoms. The summed E-state index contributed by atoms with van der Waals surface area (Å²) < 4.78 is 0. The molecule has 1 aliphatic heterocycles. The highest BCUT2D eigenvalue weighted by Crippen LogP contribution is 2.22. The molecule has 1 saturated heterocycles. The first-order chi connectivity index (χ1) is 10.6. The van der Waals surface area contributed by atoms with Gasteiger partial charge in [-0.2, -0.15) is 0 Å². The van der Waals surface area contributed by atoms with Crippen molar-refractivity contribution >= 4 is 24.2 Å². The van der Waals surface area contributed by atoms with Crippen molar-refractivity contribution in [1.29, 1.82) is 0 Å². The lowest BCUT2D eigenvalue weighted by molar-refractivity contribution is -0.136. The van der Waals surface area contributed by atoms with Gasteiger partial charge in [0.2, 0.25) is 11.8 Å². The molecular formula is C17H34ClN3O2. The van der Waals surface area contributed by atoms with Crippen LogP contribution in [-0.4, -0.2) is 42.9 Å². The molecule has 0 aromatic rings. The van der Waals surface area contributed by atoms with Crippen molar-refractivity contribution in [2.24, 2.45) is 17.6 Å². The molecule has 0 radical (unpaired) electrons. The molecule has 136 valence electrons. The standard InChI is InChI=1S/C17H33N3O2.ClH/c1-3-5-7-14(4-2)12-16(21)20-11-6-8-15(13-20)17(22)19-10-9-18;/h14-15H,3-13,18H2,1-2H3,(H,19,22);1H. The summed E-state index contributed by atoms with van der Waals surface area (Å²) in [6.45, 7) is 6.68. The minimum Gasteiger partial charge on any atom is -0.355 e. The molecule has 2 atom stereocenters. The summed E-state index contributed by atoms with van der Waals surface area (Å²) in [4.78, 5) is 26.4. The van der Waals surface area contributed by atoms with E-state index in [1.165, 1.54) is 12.8 Å². The molecule has 2 unspecified atom stereocenters. The normalized spacial score (nSPS) is 18.9. The number of nitrogens with one attached hydrogen (secondary N) is 1. The highest BCUT2D eigenvalue weighted by atomic mass is 35.5. The van der Waals surface area contributed by atoms with Gasteiger partial charge in [-0.3, -0.25) is 9.59 Å². The molecule has 0 aliphatic carbocycles. The van der Waals surface area contributed by atoms with Crippen molar-refractivity contribution in [3.8, 4) is 0 Å². The number of nitrogens with two attached hydrogens (primary N) is 1. The van der Waals surface area contributed by atoms with Gasteiger partial charge in [0.05, 0.1) is 5.92 Å². The zero-order chi connectivity index (χ0) is 16.4. The van der Waals surface area contributed by atoms with Crippen LogP contribution in [0.25, 0.3) is 0 Å². The zero-order valence-corrected chi connectivity index (χ0v) is 15.5. The van der Waals surface area contributed by atoms with Crippen LogP contribution in [0.2, 0.25) is 0 Å². The van der Waals surface area contributed by atoms with E-state index in [1.807, 2.05) is 4.90 Å². The van der Waals surface area contributed by atoms with Crippen LogP contribution in [0.4, 0.5) is 0 Å². The highest BCUT2D eigenvalue weighted by molar-refractivity contribution is 5.85. The number of unbranched alkanes of at least 4 members (excludes halogenated alkanes) is 1. The topological polar surface area (TPSA) is 75.4 Å². The van der Waals surface area contributed by atoms with E-state index < -0.39 is 0 Å². The second-order valence-corrected chi connectivity index (χ2v) is 6.38. The molecule has 0 aromatic heterocycles. The molecule has 5 nitrogen and oxygen atoms in total. The van der Waals surface area contributed by atoms with E-state index in [0.29, 0.717) is 32.0 Å². The van der Waals surface area contributed by atoms with Gasteiger partial charge in [0, 0.05) is 32.6 Å². The largest absolute Gasteiger partial charge is 0.355 e. The van der Waals surface area contributed by atoms with Crippen molar-refractivity contribution in [3.05, 3.63) is 0 Å². The lowest BCUT2D eigenvalue weighted by Gasteiger charge is -2.33. The average molecular weight is 348 g/mol. The molecule has 1 aliphatic rings. The average Bonchev–Trinajstić information content (AvgIpc) is 2.56. The van der Waals surface area contributed by atoms with Gasteiger partial charge in [-0.25, -0.2) is 0 Å². The molecule has 0 aromatic carbocycles. The van der Waals surface area contributed by atoms with Crippen LogP contribution >= 0.6 is 12.4 Å². The van der Waals surface area contributed by atoms with Crippen molar-refractivity contribution in [1.82, 2.24) is 10.2 Å². The third kappa shape index (κ3) is 8.02. The lowest BCUT2D eigenvalue weighted by Crippen LogP contribution is -2.46. The molecule has 3 N–H and O–H groups in total. The second kappa shape index (κ2) is 12.6. The number of halogens is 1. The number of piperidine rings is 1. The smallest absolute Gasteiger partial charge is 0.224 e. The van der Waals surface area contributed by atoms with Crippen LogP contribution in [-0.2, 0) is 9.59 Å². The number of hydrogen-bond donors (Lipinski definition) is 2. The molecule has 1 rings (SSSR count). The maximum atomic E-state index is 12.5. The van der Waals surface area contributed by atoms with Crippen molar-refractivity contribution < 1.29 is 9.59 Å². The number of carbonyl (C=O) groups is 2. The number of likely N-dealkylation sites (tertiary alicyclic amines) is 1.